The van der Waals surface area contributed by atoms with Crippen LogP contribution < -0.4 is 31.8 Å². The second kappa shape index (κ2) is 14.1. The van der Waals surface area contributed by atoms with Crippen LogP contribution in [0.5, 0.6) is 0 Å². The van der Waals surface area contributed by atoms with Gasteiger partial charge in [0, 0.05) is 31.8 Å². The lowest BCUT2D eigenvalue weighted by atomic mass is 9.95. The molecule has 0 radical (unpaired) electrons. The van der Waals surface area contributed by atoms with E-state index in [0.29, 0.717) is 0 Å². The van der Waals surface area contributed by atoms with Crippen LogP contribution in [0.1, 0.15) is 0 Å². The van der Waals surface area contributed by atoms with Crippen molar-refractivity contribution in [2.24, 2.45) is 0 Å². The monoisotopic (exact) mass is 730 g/mol. The molecule has 0 saturated heterocycles. The van der Waals surface area contributed by atoms with Gasteiger partial charge in [-0.15, -0.1) is 0 Å². The van der Waals surface area contributed by atoms with Crippen molar-refractivity contribution in [3.63, 3.8) is 0 Å². The summed E-state index contributed by atoms with van der Waals surface area (Å²) >= 11 is 0. The summed E-state index contributed by atoms with van der Waals surface area (Å²) in [6.45, 7) is 0. The van der Waals surface area contributed by atoms with Gasteiger partial charge in [0.2, 0.25) is 0 Å². The minimum absolute atomic E-state index is 0.814. The Morgan fingerprint density at radius 1 is 0.241 bits per heavy atom. The predicted octanol–water partition coefficient (Wildman–Crippen LogP) is 10.6. The number of hydrogen-bond acceptors (Lipinski definition) is 2. The van der Waals surface area contributed by atoms with Gasteiger partial charge in [0.15, 0.2) is 14.3 Å². The van der Waals surface area contributed by atoms with Crippen LogP contribution in [0.4, 0.5) is 0 Å². The highest BCUT2D eigenvalue weighted by Crippen LogP contribution is 2.44. The average Bonchev–Trinajstić information content (AvgIpc) is 3.26. The Labute approximate surface area is 316 Å². The van der Waals surface area contributed by atoms with E-state index in [4.69, 9.17) is 0 Å². The molecule has 0 fully saturated rings. The van der Waals surface area contributed by atoms with Gasteiger partial charge >= 0.3 is 0 Å². The first kappa shape index (κ1) is 33.8. The van der Waals surface area contributed by atoms with Gasteiger partial charge < -0.3 is 9.13 Å². The van der Waals surface area contributed by atoms with Crippen LogP contribution in [-0.4, -0.2) is 0 Å². The molecule has 0 N–H and O–H groups in total. The zero-order chi connectivity index (χ0) is 36.5. The van der Waals surface area contributed by atoms with Gasteiger partial charge in [0.05, 0.1) is 0 Å². The molecule has 4 heteroatoms. The molecule has 0 aliphatic heterocycles. The fraction of sp³-hybridized carbons (Fsp3) is 0. The summed E-state index contributed by atoms with van der Waals surface area (Å²) < 4.78 is 29.8. The summed E-state index contributed by atoms with van der Waals surface area (Å²) in [5.74, 6) is 0. The minimum atomic E-state index is -3.05. The van der Waals surface area contributed by atoms with E-state index in [0.717, 1.165) is 54.1 Å². The molecule has 0 heterocycles. The largest absolute Gasteiger partial charge is 0.309 e. The zero-order valence-corrected chi connectivity index (χ0v) is 31.3. The Bertz CT molecular complexity index is 2550. The molecule has 2 nitrogen and oxygen atoms in total. The third-order valence-corrected chi connectivity index (χ3v) is 16.6. The Morgan fingerprint density at radius 3 is 0.778 bits per heavy atom. The van der Waals surface area contributed by atoms with Gasteiger partial charge in [0.1, 0.15) is 0 Å². The summed E-state index contributed by atoms with van der Waals surface area (Å²) in [5, 5.41) is 9.61. The van der Waals surface area contributed by atoms with Crippen molar-refractivity contribution in [2.45, 2.75) is 0 Å². The van der Waals surface area contributed by atoms with Gasteiger partial charge in [-0.25, -0.2) is 0 Å². The van der Waals surface area contributed by atoms with Gasteiger partial charge in [-0.3, -0.25) is 0 Å². The topological polar surface area (TPSA) is 34.1 Å². The minimum Gasteiger partial charge on any atom is -0.309 e. The highest BCUT2D eigenvalue weighted by molar-refractivity contribution is 7.85. The molecule has 0 spiro atoms. The van der Waals surface area contributed by atoms with E-state index in [1.165, 1.54) is 21.5 Å². The molecular weight excluding hydrogens is 694 g/mol. The van der Waals surface area contributed by atoms with E-state index in [1.54, 1.807) is 0 Å². The molecule has 0 aliphatic rings. The number of benzene rings is 9. The Hall–Kier alpha value is -6.04. The molecule has 0 aromatic heterocycles. The average molecular weight is 731 g/mol. The molecule has 0 saturated carbocycles. The summed E-state index contributed by atoms with van der Waals surface area (Å²) in [7, 11) is -6.11. The van der Waals surface area contributed by atoms with Crippen LogP contribution in [0.25, 0.3) is 43.8 Å². The lowest BCUT2D eigenvalue weighted by molar-refractivity contribution is 0.591. The predicted molar refractivity (Wildman–Crippen MR) is 231 cm³/mol. The highest BCUT2D eigenvalue weighted by Gasteiger charge is 2.30. The van der Waals surface area contributed by atoms with Crippen LogP contribution in [0.3, 0.4) is 0 Å². The van der Waals surface area contributed by atoms with Crippen LogP contribution >= 0.6 is 14.3 Å². The van der Waals surface area contributed by atoms with Crippen molar-refractivity contribution >= 4 is 67.7 Å². The van der Waals surface area contributed by atoms with E-state index in [-0.39, 0.29) is 0 Å². The first-order chi connectivity index (χ1) is 26.5. The molecule has 258 valence electrons. The van der Waals surface area contributed by atoms with Crippen molar-refractivity contribution in [1.29, 1.82) is 0 Å². The second-order valence-electron chi connectivity index (χ2n) is 13.6. The normalized spacial score (nSPS) is 11.9. The zero-order valence-electron chi connectivity index (χ0n) is 29.5. The van der Waals surface area contributed by atoms with Crippen LogP contribution in [-0.2, 0) is 9.13 Å². The molecule has 9 aromatic carbocycles. The van der Waals surface area contributed by atoms with Crippen LogP contribution in [0.2, 0.25) is 0 Å². The van der Waals surface area contributed by atoms with Gasteiger partial charge in [0.25, 0.3) is 0 Å². The van der Waals surface area contributed by atoms with Gasteiger partial charge in [-0.1, -0.05) is 206 Å². The molecule has 0 atom stereocenters. The summed E-state index contributed by atoms with van der Waals surface area (Å²) in [5.41, 5.74) is 4.34. The Balaban J connectivity index is 1.08. The van der Waals surface area contributed by atoms with Crippen molar-refractivity contribution in [1.82, 2.24) is 0 Å². The lowest BCUT2D eigenvalue weighted by Gasteiger charge is -2.20. The van der Waals surface area contributed by atoms with Crippen LogP contribution in [0.15, 0.2) is 218 Å². The molecule has 0 bridgehead atoms. The lowest BCUT2D eigenvalue weighted by Crippen LogP contribution is -2.24. The van der Waals surface area contributed by atoms with Gasteiger partial charge in [-0.05, 0) is 55.9 Å². The van der Waals surface area contributed by atoms with E-state index in [1.807, 2.05) is 146 Å². The summed E-state index contributed by atoms with van der Waals surface area (Å²) in [6.07, 6.45) is 0. The quantitative estimate of drug-likeness (QED) is 0.115. The highest BCUT2D eigenvalue weighted by atomic mass is 31.2. The standard InChI is InChI=1S/C50H36O2P2/c51-53(43-13-5-1-6-14-43,44-15-7-2-8-16-44)47-31-27-37(28-32-47)41-25-23-39-21-22-40-24-26-42(36-50(40)49(39)35-41)38-29-33-48(34-30-38)54(52,45-17-9-3-10-18-45)46-19-11-4-12-20-46/h1-36H. The first-order valence-electron chi connectivity index (χ1n) is 18.1. The number of fused-ring (bicyclic) bond motifs is 3. The molecular formula is C50H36O2P2. The SMILES string of the molecule is O=P(c1ccccc1)(c1ccccc1)c1ccc(-c2ccc3ccc4ccc(-c5ccc(P(=O)(c6ccccc6)c6ccccc6)cc5)cc4c3c2)cc1. The summed E-state index contributed by atoms with van der Waals surface area (Å²) in [6, 6.07) is 73.3. The van der Waals surface area contributed by atoms with Crippen molar-refractivity contribution in [2.75, 3.05) is 0 Å². The maximum Gasteiger partial charge on any atom is 0.171 e. The third kappa shape index (κ3) is 5.95. The van der Waals surface area contributed by atoms with E-state index >= 15 is 0 Å². The Kier molecular flexibility index (Phi) is 8.80. The summed E-state index contributed by atoms with van der Waals surface area (Å²) in [4.78, 5) is 0. The van der Waals surface area contributed by atoms with Crippen molar-refractivity contribution in [3.8, 4) is 22.3 Å². The molecule has 9 aromatic rings. The first-order valence-corrected chi connectivity index (χ1v) is 21.5. The smallest absolute Gasteiger partial charge is 0.171 e. The number of rotatable bonds is 8. The van der Waals surface area contributed by atoms with Gasteiger partial charge in [-0.2, -0.15) is 0 Å². The molecule has 9 rings (SSSR count). The fourth-order valence-corrected chi connectivity index (χ4v) is 12.9. The van der Waals surface area contributed by atoms with Crippen molar-refractivity contribution in [3.05, 3.63) is 218 Å². The second-order valence-corrected chi connectivity index (χ2v) is 19.1. The van der Waals surface area contributed by atoms with Crippen molar-refractivity contribution < 1.29 is 9.13 Å². The molecule has 54 heavy (non-hydrogen) atoms. The van der Waals surface area contributed by atoms with Crippen LogP contribution in [0, 0.1) is 0 Å². The number of hydrogen-bond donors (Lipinski definition) is 0. The third-order valence-electron chi connectivity index (χ3n) is 10.4. The van der Waals surface area contributed by atoms with E-state index in [2.05, 4.69) is 72.8 Å². The van der Waals surface area contributed by atoms with E-state index < -0.39 is 14.3 Å². The molecule has 0 unspecified atom stereocenters. The fourth-order valence-electron chi connectivity index (χ4n) is 7.58. The maximum absolute atomic E-state index is 14.9. The van der Waals surface area contributed by atoms with E-state index in [9.17, 15) is 9.13 Å². The maximum atomic E-state index is 14.9. The Morgan fingerprint density at radius 2 is 0.481 bits per heavy atom. The molecule has 0 aliphatic carbocycles. The molecule has 0 amide bonds.